The Kier molecular flexibility index (Phi) is 5.28. The largest absolute Gasteiger partial charge is 0.467 e. The number of anilines is 1. The quantitative estimate of drug-likeness (QED) is 0.900. The molecule has 0 fully saturated rings. The molecule has 5 nitrogen and oxygen atoms in total. The third kappa shape index (κ3) is 3.88. The summed E-state index contributed by atoms with van der Waals surface area (Å²) in [6.07, 6.45) is 0. The highest BCUT2D eigenvalue weighted by molar-refractivity contribution is 7.99. The molecular formula is C12H12Cl2N4OS. The van der Waals surface area contributed by atoms with E-state index in [1.807, 2.05) is 13.0 Å². The highest BCUT2D eigenvalue weighted by atomic mass is 35.5. The van der Waals surface area contributed by atoms with Crippen LogP contribution < -0.4 is 10.1 Å². The van der Waals surface area contributed by atoms with Gasteiger partial charge in [-0.25, -0.2) is 0 Å². The normalized spacial score (nSPS) is 10.4. The molecule has 0 radical (unpaired) electrons. The zero-order valence-corrected chi connectivity index (χ0v) is 13.2. The van der Waals surface area contributed by atoms with Gasteiger partial charge < -0.3 is 10.1 Å². The van der Waals surface area contributed by atoms with E-state index in [0.29, 0.717) is 27.7 Å². The standard InChI is InChI=1S/C12H12Cl2N4OS/c1-3-15-10-16-11(19-2)18-12(17-10)20-7-4-5-8(13)9(14)6-7/h4-6H,3H2,1-2H3,(H,15,16,17,18). The van der Waals surface area contributed by atoms with Crippen LogP contribution in [0.3, 0.4) is 0 Å². The zero-order valence-electron chi connectivity index (χ0n) is 10.9. The first-order chi connectivity index (χ1) is 9.62. The monoisotopic (exact) mass is 330 g/mol. The fraction of sp³-hybridized carbons (Fsp3) is 0.250. The highest BCUT2D eigenvalue weighted by Gasteiger charge is 2.09. The van der Waals surface area contributed by atoms with Gasteiger partial charge in [0.2, 0.25) is 11.1 Å². The van der Waals surface area contributed by atoms with E-state index < -0.39 is 0 Å². The second-order valence-corrected chi connectivity index (χ2v) is 5.49. The molecule has 0 saturated heterocycles. The van der Waals surface area contributed by atoms with Crippen LogP contribution in [0.2, 0.25) is 10.0 Å². The van der Waals surface area contributed by atoms with Crippen LogP contribution in [0.25, 0.3) is 0 Å². The molecule has 0 atom stereocenters. The average molecular weight is 331 g/mol. The Morgan fingerprint density at radius 1 is 1.20 bits per heavy atom. The molecule has 1 aromatic carbocycles. The van der Waals surface area contributed by atoms with Crippen LogP contribution in [0.15, 0.2) is 28.3 Å². The minimum Gasteiger partial charge on any atom is -0.467 e. The van der Waals surface area contributed by atoms with E-state index in [0.717, 1.165) is 4.90 Å². The van der Waals surface area contributed by atoms with Crippen molar-refractivity contribution < 1.29 is 4.74 Å². The Bertz CT molecular complexity index is 612. The molecule has 0 amide bonds. The van der Waals surface area contributed by atoms with E-state index in [4.69, 9.17) is 27.9 Å². The lowest BCUT2D eigenvalue weighted by Gasteiger charge is -2.06. The topological polar surface area (TPSA) is 59.9 Å². The fourth-order valence-corrected chi connectivity index (χ4v) is 2.50. The molecule has 2 rings (SSSR count). The smallest absolute Gasteiger partial charge is 0.321 e. The third-order valence-corrected chi connectivity index (χ3v) is 3.81. The summed E-state index contributed by atoms with van der Waals surface area (Å²) >= 11 is 13.2. The van der Waals surface area contributed by atoms with Crippen LogP contribution in [0, 0.1) is 0 Å². The van der Waals surface area contributed by atoms with E-state index in [1.54, 1.807) is 12.1 Å². The van der Waals surface area contributed by atoms with Gasteiger partial charge in [-0.1, -0.05) is 23.2 Å². The van der Waals surface area contributed by atoms with E-state index in [2.05, 4.69) is 20.3 Å². The molecule has 1 N–H and O–H groups in total. The minimum atomic E-state index is 0.263. The van der Waals surface area contributed by atoms with E-state index in [-0.39, 0.29) is 6.01 Å². The molecular weight excluding hydrogens is 319 g/mol. The predicted octanol–water partition coefficient (Wildman–Crippen LogP) is 3.77. The van der Waals surface area contributed by atoms with Crippen molar-refractivity contribution in [1.82, 2.24) is 15.0 Å². The molecule has 2 aromatic rings. The first kappa shape index (κ1) is 15.2. The second kappa shape index (κ2) is 6.97. The van der Waals surface area contributed by atoms with Crippen molar-refractivity contribution in [2.45, 2.75) is 17.0 Å². The molecule has 0 bridgehead atoms. The van der Waals surface area contributed by atoms with Crippen molar-refractivity contribution in [3.05, 3.63) is 28.2 Å². The fourth-order valence-electron chi connectivity index (χ4n) is 1.36. The van der Waals surface area contributed by atoms with Crippen LogP contribution in [0.1, 0.15) is 6.92 Å². The number of aromatic nitrogens is 3. The number of rotatable bonds is 5. The molecule has 106 valence electrons. The van der Waals surface area contributed by atoms with Crippen molar-refractivity contribution in [2.24, 2.45) is 0 Å². The summed E-state index contributed by atoms with van der Waals surface area (Å²) in [6, 6.07) is 5.61. The van der Waals surface area contributed by atoms with Crippen LogP contribution in [0.5, 0.6) is 6.01 Å². The molecule has 0 spiro atoms. The van der Waals surface area contributed by atoms with E-state index in [1.165, 1.54) is 18.9 Å². The van der Waals surface area contributed by atoms with Crippen LogP contribution in [-0.4, -0.2) is 28.6 Å². The number of methoxy groups -OCH3 is 1. The van der Waals surface area contributed by atoms with E-state index >= 15 is 0 Å². The molecule has 0 aliphatic heterocycles. The first-order valence-electron chi connectivity index (χ1n) is 5.79. The van der Waals surface area contributed by atoms with E-state index in [9.17, 15) is 0 Å². The van der Waals surface area contributed by atoms with Gasteiger partial charge in [0, 0.05) is 11.4 Å². The molecule has 0 unspecified atom stereocenters. The second-order valence-electron chi connectivity index (χ2n) is 3.64. The van der Waals surface area contributed by atoms with Gasteiger partial charge >= 0.3 is 6.01 Å². The molecule has 1 aromatic heterocycles. The lowest BCUT2D eigenvalue weighted by Crippen LogP contribution is -2.05. The minimum absolute atomic E-state index is 0.263. The summed E-state index contributed by atoms with van der Waals surface area (Å²) in [5.74, 6) is 0.474. The lowest BCUT2D eigenvalue weighted by molar-refractivity contribution is 0.373. The van der Waals surface area contributed by atoms with Gasteiger partial charge in [0.1, 0.15) is 0 Å². The Labute approximate surface area is 131 Å². The van der Waals surface area contributed by atoms with Gasteiger partial charge in [-0.2, -0.15) is 15.0 Å². The summed E-state index contributed by atoms with van der Waals surface area (Å²) in [6.45, 7) is 2.67. The van der Waals surface area contributed by atoms with Crippen molar-refractivity contribution >= 4 is 40.9 Å². The SMILES string of the molecule is CCNc1nc(OC)nc(Sc2ccc(Cl)c(Cl)c2)n1. The maximum absolute atomic E-state index is 5.98. The summed E-state index contributed by atoms with van der Waals surface area (Å²) < 4.78 is 5.06. The Balaban J connectivity index is 2.27. The zero-order chi connectivity index (χ0) is 14.5. The van der Waals surface area contributed by atoms with Gasteiger partial charge in [-0.3, -0.25) is 0 Å². The Hall–Kier alpha value is -1.24. The molecule has 20 heavy (non-hydrogen) atoms. The number of nitrogens with one attached hydrogen (secondary N) is 1. The number of ether oxygens (including phenoxy) is 1. The number of halogens is 2. The first-order valence-corrected chi connectivity index (χ1v) is 7.36. The van der Waals surface area contributed by atoms with Crippen molar-refractivity contribution in [1.29, 1.82) is 0 Å². The summed E-state index contributed by atoms with van der Waals surface area (Å²) in [4.78, 5) is 13.5. The Morgan fingerprint density at radius 2 is 2.00 bits per heavy atom. The number of nitrogens with zero attached hydrogens (tertiary/aromatic N) is 3. The Morgan fingerprint density at radius 3 is 2.65 bits per heavy atom. The van der Waals surface area contributed by atoms with Crippen LogP contribution in [0.4, 0.5) is 5.95 Å². The van der Waals surface area contributed by atoms with Crippen LogP contribution >= 0.6 is 35.0 Å². The summed E-state index contributed by atoms with van der Waals surface area (Å²) in [7, 11) is 1.51. The van der Waals surface area contributed by atoms with Gasteiger partial charge in [0.05, 0.1) is 17.2 Å². The lowest BCUT2D eigenvalue weighted by atomic mass is 10.4. The van der Waals surface area contributed by atoms with Crippen molar-refractivity contribution in [2.75, 3.05) is 19.0 Å². The molecule has 8 heteroatoms. The number of hydrogen-bond donors (Lipinski definition) is 1. The third-order valence-electron chi connectivity index (χ3n) is 2.21. The summed E-state index contributed by atoms with van der Waals surface area (Å²) in [5, 5.41) is 4.55. The van der Waals surface area contributed by atoms with Crippen LogP contribution in [-0.2, 0) is 0 Å². The molecule has 0 aliphatic rings. The maximum Gasteiger partial charge on any atom is 0.321 e. The maximum atomic E-state index is 5.98. The van der Waals surface area contributed by atoms with Crippen molar-refractivity contribution in [3.63, 3.8) is 0 Å². The van der Waals surface area contributed by atoms with Gasteiger partial charge in [0.25, 0.3) is 0 Å². The highest BCUT2D eigenvalue weighted by Crippen LogP contribution is 2.31. The predicted molar refractivity (Wildman–Crippen MR) is 81.1 cm³/mol. The molecule has 0 saturated carbocycles. The van der Waals surface area contributed by atoms with Gasteiger partial charge in [-0.05, 0) is 36.9 Å². The van der Waals surface area contributed by atoms with Gasteiger partial charge in [0.15, 0.2) is 0 Å². The number of benzene rings is 1. The molecule has 1 heterocycles. The van der Waals surface area contributed by atoms with Gasteiger partial charge in [-0.15, -0.1) is 0 Å². The summed E-state index contributed by atoms with van der Waals surface area (Å²) in [5.41, 5.74) is 0. The number of hydrogen-bond acceptors (Lipinski definition) is 6. The average Bonchev–Trinajstić information content (AvgIpc) is 2.43. The molecule has 0 aliphatic carbocycles. The van der Waals surface area contributed by atoms with Crippen molar-refractivity contribution in [3.8, 4) is 6.01 Å².